The van der Waals surface area contributed by atoms with Crippen molar-refractivity contribution in [2.45, 2.75) is 40.2 Å². The maximum atomic E-state index is 12.4. The van der Waals surface area contributed by atoms with Crippen LogP contribution >= 0.6 is 0 Å². The number of H-pyrrole nitrogens is 1. The molecule has 0 fully saturated rings. The number of nitrogens with one attached hydrogen (secondary N) is 2. The van der Waals surface area contributed by atoms with Gasteiger partial charge in [0.15, 0.2) is 6.10 Å². The van der Waals surface area contributed by atoms with Gasteiger partial charge in [-0.05, 0) is 57.5 Å². The van der Waals surface area contributed by atoms with Crippen LogP contribution in [0.15, 0.2) is 24.3 Å². The van der Waals surface area contributed by atoms with Gasteiger partial charge in [-0.3, -0.25) is 4.79 Å². The molecule has 1 aromatic heterocycles. The van der Waals surface area contributed by atoms with Crippen molar-refractivity contribution in [3.63, 3.8) is 0 Å². The Morgan fingerprint density at radius 3 is 2.26 bits per heavy atom. The van der Waals surface area contributed by atoms with Crippen molar-refractivity contribution in [2.75, 3.05) is 11.9 Å². The number of aromatic nitrogens is 1. The summed E-state index contributed by atoms with van der Waals surface area (Å²) in [6, 6.07) is 4.47. The van der Waals surface area contributed by atoms with Crippen molar-refractivity contribution in [1.29, 1.82) is 0 Å². The molecule has 1 amide bonds. The van der Waals surface area contributed by atoms with Gasteiger partial charge in [0.05, 0.1) is 12.2 Å². The molecule has 2 aromatic rings. The summed E-state index contributed by atoms with van der Waals surface area (Å²) in [7, 11) is 0. The smallest absolute Gasteiger partial charge is 0.462 e. The van der Waals surface area contributed by atoms with Gasteiger partial charge in [-0.15, -0.1) is 13.2 Å². The highest BCUT2D eigenvalue weighted by molar-refractivity contribution is 6.00. The lowest BCUT2D eigenvalue weighted by Gasteiger charge is -2.14. The fourth-order valence-electron chi connectivity index (χ4n) is 2.72. The van der Waals surface area contributed by atoms with E-state index in [1.54, 1.807) is 20.8 Å². The fraction of sp³-hybridized carbons (Fsp3) is 0.350. The van der Waals surface area contributed by atoms with Gasteiger partial charge in [-0.2, -0.15) is 0 Å². The number of alkyl halides is 3. The third-order valence-corrected chi connectivity index (χ3v) is 4.13. The van der Waals surface area contributed by atoms with Gasteiger partial charge in [0.25, 0.3) is 5.91 Å². The molecule has 0 aliphatic heterocycles. The molecule has 0 aliphatic rings. The normalized spacial score (nSPS) is 12.1. The van der Waals surface area contributed by atoms with Crippen molar-refractivity contribution in [3.8, 4) is 5.75 Å². The van der Waals surface area contributed by atoms with E-state index in [0.29, 0.717) is 11.3 Å². The Hall–Kier alpha value is -3.50. The summed E-state index contributed by atoms with van der Waals surface area (Å²) in [6.45, 7) is 6.29. The molecule has 8 nitrogen and oxygen atoms in total. The number of hydrogen-bond acceptors (Lipinski definition) is 6. The fourth-order valence-corrected chi connectivity index (χ4v) is 2.72. The lowest BCUT2D eigenvalue weighted by Crippen LogP contribution is -2.30. The average molecular weight is 442 g/mol. The standard InChI is InChI=1S/C20H21F3N2O6/c1-5-29-18(27)15-10(2)16(24-11(15)3)19(28)30-12(4)17(26)25-13-6-8-14(9-7-13)31-20(21,22)23/h6-9,12,24H,5H2,1-4H3,(H,25,26). The van der Waals surface area contributed by atoms with Gasteiger partial charge in [0.2, 0.25) is 0 Å². The van der Waals surface area contributed by atoms with Crippen LogP contribution in [0.4, 0.5) is 18.9 Å². The van der Waals surface area contributed by atoms with Gasteiger partial charge in [-0.25, -0.2) is 9.59 Å². The maximum absolute atomic E-state index is 12.4. The Morgan fingerprint density at radius 2 is 1.71 bits per heavy atom. The van der Waals surface area contributed by atoms with E-state index >= 15 is 0 Å². The van der Waals surface area contributed by atoms with Crippen LogP contribution in [0, 0.1) is 13.8 Å². The van der Waals surface area contributed by atoms with Crippen molar-refractivity contribution in [3.05, 3.63) is 46.8 Å². The van der Waals surface area contributed by atoms with Crippen LogP contribution in [0.5, 0.6) is 5.75 Å². The minimum absolute atomic E-state index is 0.00820. The van der Waals surface area contributed by atoms with Crippen LogP contribution in [0.2, 0.25) is 0 Å². The molecule has 31 heavy (non-hydrogen) atoms. The van der Waals surface area contributed by atoms with Crippen molar-refractivity contribution >= 4 is 23.5 Å². The summed E-state index contributed by atoms with van der Waals surface area (Å²) < 4.78 is 50.4. The first-order chi connectivity index (χ1) is 14.4. The average Bonchev–Trinajstić information content (AvgIpc) is 2.96. The van der Waals surface area contributed by atoms with Gasteiger partial charge in [0, 0.05) is 11.4 Å². The van der Waals surface area contributed by atoms with E-state index in [4.69, 9.17) is 9.47 Å². The van der Waals surface area contributed by atoms with Crippen LogP contribution in [0.3, 0.4) is 0 Å². The zero-order valence-corrected chi connectivity index (χ0v) is 17.2. The van der Waals surface area contributed by atoms with Crippen LogP contribution in [0.25, 0.3) is 0 Å². The van der Waals surface area contributed by atoms with Gasteiger partial charge in [-0.1, -0.05) is 0 Å². The van der Waals surface area contributed by atoms with E-state index in [0.717, 1.165) is 12.1 Å². The second kappa shape index (κ2) is 9.54. The first-order valence-corrected chi connectivity index (χ1v) is 9.16. The van der Waals surface area contributed by atoms with Gasteiger partial charge in [0.1, 0.15) is 11.4 Å². The van der Waals surface area contributed by atoms with E-state index in [2.05, 4.69) is 15.0 Å². The highest BCUT2D eigenvalue weighted by Gasteiger charge is 2.31. The SMILES string of the molecule is CCOC(=O)c1c(C)[nH]c(C(=O)OC(C)C(=O)Nc2ccc(OC(F)(F)F)cc2)c1C. The monoisotopic (exact) mass is 442 g/mol. The number of esters is 2. The largest absolute Gasteiger partial charge is 0.573 e. The van der Waals surface area contributed by atoms with Crippen LogP contribution in [-0.2, 0) is 14.3 Å². The molecule has 1 atom stereocenters. The molecule has 0 radical (unpaired) electrons. The number of amides is 1. The first kappa shape index (κ1) is 23.8. The summed E-state index contributed by atoms with van der Waals surface area (Å²) in [6.07, 6.45) is -6.05. The number of aromatic amines is 1. The second-order valence-corrected chi connectivity index (χ2v) is 6.45. The summed E-state index contributed by atoms with van der Waals surface area (Å²) in [5, 5.41) is 2.42. The summed E-state index contributed by atoms with van der Waals surface area (Å²) in [5.41, 5.74) is 1.15. The predicted molar refractivity (Wildman–Crippen MR) is 103 cm³/mol. The molecule has 11 heteroatoms. The number of halogens is 3. The summed E-state index contributed by atoms with van der Waals surface area (Å²) in [4.78, 5) is 39.5. The molecular weight excluding hydrogens is 421 g/mol. The lowest BCUT2D eigenvalue weighted by molar-refractivity contribution is -0.274. The maximum Gasteiger partial charge on any atom is 0.573 e. The second-order valence-electron chi connectivity index (χ2n) is 6.45. The van der Waals surface area contributed by atoms with Crippen molar-refractivity contribution < 1.29 is 41.8 Å². The number of carbonyl (C=O) groups is 3. The quantitative estimate of drug-likeness (QED) is 0.630. The molecule has 0 aliphatic carbocycles. The number of anilines is 1. The van der Waals surface area contributed by atoms with Crippen LogP contribution in [0.1, 0.15) is 46.0 Å². The minimum atomic E-state index is -4.82. The lowest BCUT2D eigenvalue weighted by atomic mass is 10.1. The van der Waals surface area contributed by atoms with Gasteiger partial charge < -0.3 is 24.5 Å². The van der Waals surface area contributed by atoms with Gasteiger partial charge >= 0.3 is 18.3 Å². The molecule has 1 unspecified atom stereocenters. The number of benzene rings is 1. The number of carbonyl (C=O) groups excluding carboxylic acids is 3. The Labute approximate surface area is 175 Å². The number of hydrogen-bond donors (Lipinski definition) is 2. The molecule has 2 N–H and O–H groups in total. The molecule has 0 saturated heterocycles. The summed E-state index contributed by atoms with van der Waals surface area (Å²) in [5.74, 6) is -2.59. The van der Waals surface area contributed by atoms with E-state index in [9.17, 15) is 27.6 Å². The van der Waals surface area contributed by atoms with Crippen LogP contribution in [-0.4, -0.2) is 41.9 Å². The zero-order chi connectivity index (χ0) is 23.3. The molecule has 168 valence electrons. The number of rotatable bonds is 7. The molecule has 2 rings (SSSR count). The highest BCUT2D eigenvalue weighted by Crippen LogP contribution is 2.24. The predicted octanol–water partition coefficient (Wildman–Crippen LogP) is 3.89. The van der Waals surface area contributed by atoms with E-state index < -0.39 is 36.1 Å². The van der Waals surface area contributed by atoms with E-state index in [1.165, 1.54) is 19.1 Å². The Balaban J connectivity index is 2.02. The molecule has 0 bridgehead atoms. The molecule has 0 spiro atoms. The topological polar surface area (TPSA) is 107 Å². The third kappa shape index (κ3) is 6.24. The molecule has 1 heterocycles. The number of aryl methyl sites for hydroxylation is 1. The number of ether oxygens (including phenoxy) is 3. The molecular formula is C20H21F3N2O6. The van der Waals surface area contributed by atoms with Crippen LogP contribution < -0.4 is 10.1 Å². The first-order valence-electron chi connectivity index (χ1n) is 9.16. The Kier molecular flexibility index (Phi) is 7.32. The highest BCUT2D eigenvalue weighted by atomic mass is 19.4. The van der Waals surface area contributed by atoms with E-state index in [-0.39, 0.29) is 23.6 Å². The third-order valence-electron chi connectivity index (χ3n) is 4.13. The van der Waals surface area contributed by atoms with Crippen molar-refractivity contribution in [2.24, 2.45) is 0 Å². The zero-order valence-electron chi connectivity index (χ0n) is 17.2. The van der Waals surface area contributed by atoms with Crippen molar-refractivity contribution in [1.82, 2.24) is 4.98 Å². The molecule has 1 aromatic carbocycles. The minimum Gasteiger partial charge on any atom is -0.462 e. The van der Waals surface area contributed by atoms with E-state index in [1.807, 2.05) is 0 Å². The Bertz CT molecular complexity index is 967. The summed E-state index contributed by atoms with van der Waals surface area (Å²) >= 11 is 0. The Morgan fingerprint density at radius 1 is 1.10 bits per heavy atom. The molecule has 0 saturated carbocycles.